The zero-order valence-corrected chi connectivity index (χ0v) is 9.90. The third kappa shape index (κ3) is 3.50. The van der Waals surface area contributed by atoms with Gasteiger partial charge in [-0.1, -0.05) is 6.92 Å². The first-order chi connectivity index (χ1) is 6.75. The number of rotatable bonds is 3. The van der Waals surface area contributed by atoms with Gasteiger partial charge in [-0.3, -0.25) is 4.79 Å². The van der Waals surface area contributed by atoms with Crippen LogP contribution in [-0.2, 0) is 4.79 Å². The van der Waals surface area contributed by atoms with Crippen molar-refractivity contribution in [3.05, 3.63) is 0 Å². The van der Waals surface area contributed by atoms with Crippen LogP contribution in [0.2, 0.25) is 0 Å². The molecule has 1 aliphatic rings. The van der Waals surface area contributed by atoms with Gasteiger partial charge in [0.15, 0.2) is 0 Å². The maximum Gasteiger partial charge on any atom is 0.226 e. The van der Waals surface area contributed by atoms with Gasteiger partial charge in [0, 0.05) is 31.3 Å². The molecule has 0 bridgehead atoms. The molecule has 1 rings (SSSR count). The van der Waals surface area contributed by atoms with Crippen molar-refractivity contribution in [3.8, 4) is 0 Å². The van der Waals surface area contributed by atoms with Gasteiger partial charge in [-0.2, -0.15) is 11.8 Å². The summed E-state index contributed by atoms with van der Waals surface area (Å²) >= 11 is 1.95. The van der Waals surface area contributed by atoms with Gasteiger partial charge in [-0.15, -0.1) is 0 Å². The van der Waals surface area contributed by atoms with Crippen molar-refractivity contribution >= 4 is 17.7 Å². The highest BCUT2D eigenvalue weighted by Crippen LogP contribution is 2.12. The van der Waals surface area contributed by atoms with Gasteiger partial charge in [0.2, 0.25) is 5.91 Å². The standard InChI is InChI=1S/C10H20N2OS/c1-9(8-11-2)10(13)12-4-3-6-14-7-5-12/h9,11H,3-8H2,1-2H3. The smallest absolute Gasteiger partial charge is 0.226 e. The molecule has 1 saturated heterocycles. The van der Waals surface area contributed by atoms with Gasteiger partial charge in [0.05, 0.1) is 0 Å². The van der Waals surface area contributed by atoms with Crippen LogP contribution in [-0.4, -0.2) is 49.0 Å². The summed E-state index contributed by atoms with van der Waals surface area (Å²) in [6, 6.07) is 0. The molecule has 14 heavy (non-hydrogen) atoms. The number of carbonyl (C=O) groups excluding carboxylic acids is 1. The third-order valence-electron chi connectivity index (χ3n) is 2.47. The highest BCUT2D eigenvalue weighted by molar-refractivity contribution is 7.99. The Kier molecular flexibility index (Phi) is 5.33. The molecule has 1 N–H and O–H groups in total. The summed E-state index contributed by atoms with van der Waals surface area (Å²) in [5.74, 6) is 2.72. The second kappa shape index (κ2) is 6.30. The molecule has 0 aromatic rings. The van der Waals surface area contributed by atoms with E-state index >= 15 is 0 Å². The van der Waals surface area contributed by atoms with Crippen molar-refractivity contribution in [3.63, 3.8) is 0 Å². The van der Waals surface area contributed by atoms with Crippen LogP contribution in [0.3, 0.4) is 0 Å². The van der Waals surface area contributed by atoms with Crippen LogP contribution in [0.25, 0.3) is 0 Å². The number of amides is 1. The molecule has 1 heterocycles. The first-order valence-electron chi connectivity index (χ1n) is 5.27. The van der Waals surface area contributed by atoms with Crippen LogP contribution in [0.15, 0.2) is 0 Å². The minimum Gasteiger partial charge on any atom is -0.342 e. The summed E-state index contributed by atoms with van der Waals surface area (Å²) < 4.78 is 0. The quantitative estimate of drug-likeness (QED) is 0.757. The van der Waals surface area contributed by atoms with Gasteiger partial charge in [0.25, 0.3) is 0 Å². The molecule has 4 heteroatoms. The fraction of sp³-hybridized carbons (Fsp3) is 0.900. The van der Waals surface area contributed by atoms with Crippen LogP contribution in [0.4, 0.5) is 0 Å². The maximum absolute atomic E-state index is 11.9. The minimum absolute atomic E-state index is 0.114. The molecular weight excluding hydrogens is 196 g/mol. The van der Waals surface area contributed by atoms with E-state index in [0.717, 1.165) is 31.8 Å². The topological polar surface area (TPSA) is 32.3 Å². The van der Waals surface area contributed by atoms with Gasteiger partial charge in [-0.25, -0.2) is 0 Å². The van der Waals surface area contributed by atoms with Crippen molar-refractivity contribution < 1.29 is 4.79 Å². The van der Waals surface area contributed by atoms with Crippen molar-refractivity contribution in [2.24, 2.45) is 5.92 Å². The number of hydrogen-bond acceptors (Lipinski definition) is 3. The fourth-order valence-electron chi connectivity index (χ4n) is 1.67. The fourth-order valence-corrected chi connectivity index (χ4v) is 2.56. The molecule has 0 aromatic carbocycles. The first-order valence-corrected chi connectivity index (χ1v) is 6.42. The minimum atomic E-state index is 0.114. The van der Waals surface area contributed by atoms with E-state index < -0.39 is 0 Å². The van der Waals surface area contributed by atoms with Gasteiger partial charge in [-0.05, 0) is 19.2 Å². The average Bonchev–Trinajstić information content (AvgIpc) is 2.45. The van der Waals surface area contributed by atoms with Gasteiger partial charge >= 0.3 is 0 Å². The molecule has 0 saturated carbocycles. The SMILES string of the molecule is CNCC(C)C(=O)N1CCCSCC1. The van der Waals surface area contributed by atoms with Crippen LogP contribution in [0.1, 0.15) is 13.3 Å². The lowest BCUT2D eigenvalue weighted by Gasteiger charge is -2.23. The number of nitrogens with one attached hydrogen (secondary N) is 1. The van der Waals surface area contributed by atoms with E-state index in [2.05, 4.69) is 5.32 Å². The molecule has 0 aromatic heterocycles. The molecule has 3 nitrogen and oxygen atoms in total. The lowest BCUT2D eigenvalue weighted by molar-refractivity contribution is -0.134. The molecular formula is C10H20N2OS. The van der Waals surface area contributed by atoms with Crippen LogP contribution >= 0.6 is 11.8 Å². The van der Waals surface area contributed by atoms with Crippen molar-refractivity contribution in [2.45, 2.75) is 13.3 Å². The second-order valence-corrected chi connectivity index (χ2v) is 4.97. The normalized spacial score (nSPS) is 20.3. The highest BCUT2D eigenvalue weighted by atomic mass is 32.2. The van der Waals surface area contributed by atoms with Crippen molar-refractivity contribution in [1.29, 1.82) is 0 Å². The maximum atomic E-state index is 11.9. The summed E-state index contributed by atoms with van der Waals surface area (Å²) in [7, 11) is 1.89. The number of thioether (sulfide) groups is 1. The second-order valence-electron chi connectivity index (χ2n) is 3.75. The van der Waals surface area contributed by atoms with E-state index in [1.807, 2.05) is 30.6 Å². The number of hydrogen-bond donors (Lipinski definition) is 1. The van der Waals surface area contributed by atoms with E-state index in [0.29, 0.717) is 5.91 Å². The zero-order valence-electron chi connectivity index (χ0n) is 9.08. The Labute approximate surface area is 90.6 Å². The van der Waals surface area contributed by atoms with Gasteiger partial charge in [0.1, 0.15) is 0 Å². The Morgan fingerprint density at radius 1 is 1.50 bits per heavy atom. The average molecular weight is 216 g/mol. The molecule has 0 radical (unpaired) electrons. The molecule has 82 valence electrons. The molecule has 1 fully saturated rings. The summed E-state index contributed by atoms with van der Waals surface area (Å²) in [6.07, 6.45) is 1.14. The Hall–Kier alpha value is -0.220. The van der Waals surface area contributed by atoms with Crippen molar-refractivity contribution in [1.82, 2.24) is 10.2 Å². The summed E-state index contributed by atoms with van der Waals surface area (Å²) in [5, 5.41) is 3.05. The Balaban J connectivity index is 2.40. The molecule has 1 aliphatic heterocycles. The van der Waals surface area contributed by atoms with E-state index in [1.54, 1.807) is 0 Å². The Bertz CT molecular complexity index is 179. The number of nitrogens with zero attached hydrogens (tertiary/aromatic N) is 1. The van der Waals surface area contributed by atoms with Gasteiger partial charge < -0.3 is 10.2 Å². The molecule has 0 spiro atoms. The third-order valence-corrected chi connectivity index (χ3v) is 3.51. The van der Waals surface area contributed by atoms with E-state index in [1.165, 1.54) is 5.75 Å². The van der Waals surface area contributed by atoms with E-state index in [-0.39, 0.29) is 5.92 Å². The van der Waals surface area contributed by atoms with E-state index in [9.17, 15) is 4.79 Å². The summed E-state index contributed by atoms with van der Waals surface area (Å²) in [6.45, 7) is 4.65. The van der Waals surface area contributed by atoms with Crippen LogP contribution in [0, 0.1) is 5.92 Å². The van der Waals surface area contributed by atoms with E-state index in [4.69, 9.17) is 0 Å². The largest absolute Gasteiger partial charge is 0.342 e. The Morgan fingerprint density at radius 3 is 3.00 bits per heavy atom. The number of carbonyl (C=O) groups is 1. The summed E-state index contributed by atoms with van der Waals surface area (Å²) in [4.78, 5) is 13.9. The monoisotopic (exact) mass is 216 g/mol. The first kappa shape index (κ1) is 11.9. The Morgan fingerprint density at radius 2 is 2.29 bits per heavy atom. The zero-order chi connectivity index (χ0) is 10.4. The van der Waals surface area contributed by atoms with Crippen LogP contribution < -0.4 is 5.32 Å². The molecule has 1 unspecified atom stereocenters. The predicted octanol–water partition coefficient (Wildman–Crippen LogP) is 0.807. The lowest BCUT2D eigenvalue weighted by Crippen LogP contribution is -2.39. The van der Waals surface area contributed by atoms with Crippen LogP contribution in [0.5, 0.6) is 0 Å². The predicted molar refractivity (Wildman–Crippen MR) is 61.6 cm³/mol. The molecule has 0 aliphatic carbocycles. The summed E-state index contributed by atoms with van der Waals surface area (Å²) in [5.41, 5.74) is 0. The molecule has 1 atom stereocenters. The highest BCUT2D eigenvalue weighted by Gasteiger charge is 2.20. The lowest BCUT2D eigenvalue weighted by atomic mass is 10.1. The van der Waals surface area contributed by atoms with Crippen molar-refractivity contribution in [2.75, 3.05) is 38.2 Å². The molecule has 1 amide bonds.